The van der Waals surface area contributed by atoms with Gasteiger partial charge in [0.1, 0.15) is 18.0 Å². The molecular weight excluding hydrogens is 248 g/mol. The molecule has 1 rings (SSSR count). The predicted octanol–water partition coefficient (Wildman–Crippen LogP) is 2.26. The van der Waals surface area contributed by atoms with Crippen molar-refractivity contribution in [3.63, 3.8) is 0 Å². The summed E-state index contributed by atoms with van der Waals surface area (Å²) >= 11 is 0. The van der Waals surface area contributed by atoms with Crippen LogP contribution in [0.5, 0.6) is 0 Å². The largest absolute Gasteiger partial charge is 0.444 e. The van der Waals surface area contributed by atoms with E-state index in [0.717, 1.165) is 0 Å². The number of nitrogens with zero attached hydrogens (tertiary/aromatic N) is 1. The minimum atomic E-state index is -0.614. The standard InChI is InChI=1S/C13H18N2O4/c1-13(2,3)19-12(17)15-11-7-9(5-6-14-11)10(16)8-18-4/h5-7H,8H2,1-4H3,(H,14,15,17). The van der Waals surface area contributed by atoms with Gasteiger partial charge in [-0.1, -0.05) is 0 Å². The normalized spacial score (nSPS) is 10.9. The van der Waals surface area contributed by atoms with Crippen LogP contribution in [0.15, 0.2) is 18.3 Å². The maximum Gasteiger partial charge on any atom is 0.413 e. The van der Waals surface area contributed by atoms with E-state index in [4.69, 9.17) is 9.47 Å². The number of rotatable bonds is 4. The van der Waals surface area contributed by atoms with E-state index in [1.165, 1.54) is 19.4 Å². The Kier molecular flexibility index (Phi) is 5.00. The first-order chi connectivity index (χ1) is 8.81. The van der Waals surface area contributed by atoms with Gasteiger partial charge in [0.25, 0.3) is 0 Å². The molecule has 6 nitrogen and oxygen atoms in total. The zero-order valence-corrected chi connectivity index (χ0v) is 11.5. The van der Waals surface area contributed by atoms with Crippen LogP contribution in [0.3, 0.4) is 0 Å². The number of methoxy groups -OCH3 is 1. The molecule has 1 aromatic rings. The Hall–Kier alpha value is -1.95. The average Bonchev–Trinajstić information content (AvgIpc) is 2.27. The maximum atomic E-state index is 11.6. The molecule has 0 aliphatic rings. The third-order valence-corrected chi connectivity index (χ3v) is 1.99. The molecule has 0 atom stereocenters. The zero-order valence-electron chi connectivity index (χ0n) is 11.5. The minimum absolute atomic E-state index is 0.0180. The Bertz CT molecular complexity index is 466. The monoisotopic (exact) mass is 266 g/mol. The summed E-state index contributed by atoms with van der Waals surface area (Å²) in [6, 6.07) is 3.03. The molecule has 0 unspecified atom stereocenters. The molecule has 0 aliphatic heterocycles. The van der Waals surface area contributed by atoms with Crippen LogP contribution in [0.4, 0.5) is 10.6 Å². The number of hydrogen-bond acceptors (Lipinski definition) is 5. The van der Waals surface area contributed by atoms with E-state index < -0.39 is 11.7 Å². The van der Waals surface area contributed by atoms with Gasteiger partial charge < -0.3 is 9.47 Å². The second kappa shape index (κ2) is 6.29. The Morgan fingerprint density at radius 2 is 2.05 bits per heavy atom. The second-order valence-electron chi connectivity index (χ2n) is 4.91. The molecule has 1 aromatic heterocycles. The van der Waals surface area contributed by atoms with Crippen molar-refractivity contribution in [2.24, 2.45) is 0 Å². The van der Waals surface area contributed by atoms with Crippen molar-refractivity contribution in [3.8, 4) is 0 Å². The van der Waals surface area contributed by atoms with Crippen LogP contribution in [0.1, 0.15) is 31.1 Å². The quantitative estimate of drug-likeness (QED) is 0.846. The Balaban J connectivity index is 2.72. The number of ketones is 1. The number of carbonyl (C=O) groups is 2. The van der Waals surface area contributed by atoms with Crippen LogP contribution in [0.25, 0.3) is 0 Å². The lowest BCUT2D eigenvalue weighted by Gasteiger charge is -2.19. The summed E-state index contributed by atoms with van der Waals surface area (Å²) in [5.74, 6) is 0.0772. The number of carbonyl (C=O) groups excluding carboxylic acids is 2. The highest BCUT2D eigenvalue weighted by atomic mass is 16.6. The summed E-state index contributed by atoms with van der Waals surface area (Å²) in [5, 5.41) is 2.47. The molecule has 0 saturated carbocycles. The van der Waals surface area contributed by atoms with Gasteiger partial charge in [0.15, 0.2) is 5.78 Å². The van der Waals surface area contributed by atoms with Gasteiger partial charge in [0.05, 0.1) is 0 Å². The van der Waals surface area contributed by atoms with Crippen LogP contribution < -0.4 is 5.32 Å². The lowest BCUT2D eigenvalue weighted by molar-refractivity contribution is 0.0634. The van der Waals surface area contributed by atoms with Crippen LogP contribution in [-0.4, -0.2) is 36.2 Å². The van der Waals surface area contributed by atoms with E-state index >= 15 is 0 Å². The fraction of sp³-hybridized carbons (Fsp3) is 0.462. The predicted molar refractivity (Wildman–Crippen MR) is 70.3 cm³/mol. The van der Waals surface area contributed by atoms with Crippen LogP contribution in [0, 0.1) is 0 Å². The zero-order chi connectivity index (χ0) is 14.5. The van der Waals surface area contributed by atoms with Crippen LogP contribution in [-0.2, 0) is 9.47 Å². The molecule has 0 aromatic carbocycles. The summed E-state index contributed by atoms with van der Waals surface area (Å²) in [6.45, 7) is 5.27. The highest BCUT2D eigenvalue weighted by molar-refractivity contribution is 5.98. The number of ether oxygens (including phenoxy) is 2. The topological polar surface area (TPSA) is 77.5 Å². The van der Waals surface area contributed by atoms with E-state index in [1.807, 2.05) is 0 Å². The molecule has 19 heavy (non-hydrogen) atoms. The molecule has 0 spiro atoms. The Labute approximate surface area is 112 Å². The summed E-state index contributed by atoms with van der Waals surface area (Å²) in [7, 11) is 1.44. The van der Waals surface area contributed by atoms with Gasteiger partial charge in [-0.05, 0) is 32.9 Å². The first-order valence-corrected chi connectivity index (χ1v) is 5.80. The van der Waals surface area contributed by atoms with Crippen LogP contribution >= 0.6 is 0 Å². The highest BCUT2D eigenvalue weighted by Crippen LogP contribution is 2.11. The van der Waals surface area contributed by atoms with E-state index in [2.05, 4.69) is 10.3 Å². The molecule has 6 heteroatoms. The first kappa shape index (κ1) is 15.1. The van der Waals surface area contributed by atoms with Crippen LogP contribution in [0.2, 0.25) is 0 Å². The molecule has 104 valence electrons. The SMILES string of the molecule is COCC(=O)c1ccnc(NC(=O)OC(C)(C)C)c1. The van der Waals surface area contributed by atoms with Crippen molar-refractivity contribution < 1.29 is 19.1 Å². The van der Waals surface area contributed by atoms with Gasteiger partial charge in [-0.25, -0.2) is 9.78 Å². The average molecular weight is 266 g/mol. The number of nitrogens with one attached hydrogen (secondary N) is 1. The molecule has 1 N–H and O–H groups in total. The lowest BCUT2D eigenvalue weighted by Crippen LogP contribution is -2.27. The number of pyridine rings is 1. The van der Waals surface area contributed by atoms with Gasteiger partial charge in [-0.15, -0.1) is 0 Å². The molecule has 0 saturated heterocycles. The second-order valence-corrected chi connectivity index (χ2v) is 4.91. The van der Waals surface area contributed by atoms with E-state index in [0.29, 0.717) is 5.56 Å². The molecule has 0 bridgehead atoms. The molecule has 1 amide bonds. The molecule has 0 aliphatic carbocycles. The van der Waals surface area contributed by atoms with Crippen molar-refractivity contribution in [3.05, 3.63) is 23.9 Å². The summed E-state index contributed by atoms with van der Waals surface area (Å²) in [5.41, 5.74) is -0.170. The van der Waals surface area contributed by atoms with E-state index in [1.54, 1.807) is 26.8 Å². The molecular formula is C13H18N2O4. The van der Waals surface area contributed by atoms with E-state index in [-0.39, 0.29) is 18.2 Å². The van der Waals surface area contributed by atoms with Gasteiger partial charge >= 0.3 is 6.09 Å². The van der Waals surface area contributed by atoms with Gasteiger partial charge in [0, 0.05) is 18.9 Å². The number of amides is 1. The van der Waals surface area contributed by atoms with Gasteiger partial charge in [-0.3, -0.25) is 10.1 Å². The first-order valence-electron chi connectivity index (χ1n) is 5.80. The molecule has 0 fully saturated rings. The molecule has 0 radical (unpaired) electrons. The maximum absolute atomic E-state index is 11.6. The number of aromatic nitrogens is 1. The fourth-order valence-electron chi connectivity index (χ4n) is 1.29. The fourth-order valence-corrected chi connectivity index (χ4v) is 1.29. The van der Waals surface area contributed by atoms with Gasteiger partial charge in [-0.2, -0.15) is 0 Å². The summed E-state index contributed by atoms with van der Waals surface area (Å²) in [6.07, 6.45) is 0.826. The number of Topliss-reactive ketones (excluding diaryl/α,β-unsaturated/α-hetero) is 1. The molecule has 1 heterocycles. The van der Waals surface area contributed by atoms with Crippen molar-refractivity contribution in [2.75, 3.05) is 19.0 Å². The van der Waals surface area contributed by atoms with Gasteiger partial charge in [0.2, 0.25) is 0 Å². The summed E-state index contributed by atoms with van der Waals surface area (Å²) in [4.78, 5) is 27.1. The Morgan fingerprint density at radius 3 is 2.63 bits per heavy atom. The lowest BCUT2D eigenvalue weighted by atomic mass is 10.2. The minimum Gasteiger partial charge on any atom is -0.444 e. The Morgan fingerprint density at radius 1 is 1.37 bits per heavy atom. The van der Waals surface area contributed by atoms with Crippen molar-refractivity contribution >= 4 is 17.7 Å². The van der Waals surface area contributed by atoms with Crippen molar-refractivity contribution in [1.82, 2.24) is 4.98 Å². The van der Waals surface area contributed by atoms with E-state index in [9.17, 15) is 9.59 Å². The highest BCUT2D eigenvalue weighted by Gasteiger charge is 2.17. The number of hydrogen-bond donors (Lipinski definition) is 1. The number of anilines is 1. The third-order valence-electron chi connectivity index (χ3n) is 1.99. The summed E-state index contributed by atoms with van der Waals surface area (Å²) < 4.78 is 9.85. The third kappa shape index (κ3) is 5.48. The van der Waals surface area contributed by atoms with Crippen molar-refractivity contribution in [1.29, 1.82) is 0 Å². The van der Waals surface area contributed by atoms with Crippen molar-refractivity contribution in [2.45, 2.75) is 26.4 Å². The smallest absolute Gasteiger partial charge is 0.413 e.